The summed E-state index contributed by atoms with van der Waals surface area (Å²) in [7, 11) is 3.87. The van der Waals surface area contributed by atoms with Crippen LogP contribution in [0, 0.1) is 10.8 Å². The summed E-state index contributed by atoms with van der Waals surface area (Å²) >= 11 is 0. The molecule has 0 spiro atoms. The number of rotatable bonds is 23. The van der Waals surface area contributed by atoms with Gasteiger partial charge in [0.15, 0.2) is 0 Å². The number of benzene rings is 10. The molecule has 2 N–H and O–H groups in total. The molecule has 0 aliphatic heterocycles. The van der Waals surface area contributed by atoms with Crippen LogP contribution in [0.5, 0.6) is 0 Å². The molecule has 20 nitrogen and oxygen atoms in total. The number of fused-ring (bicyclic) bond motifs is 14. The Morgan fingerprint density at radius 2 is 0.861 bits per heavy atom. The van der Waals surface area contributed by atoms with Crippen LogP contribution in [0.4, 0.5) is 16.2 Å². The number of isocyanates is 1. The Kier molecular flexibility index (Phi) is 20.6. The van der Waals surface area contributed by atoms with Crippen molar-refractivity contribution in [1.82, 2.24) is 33.2 Å². The number of amides is 1. The number of aliphatic imine (C=N–C) groups is 1. The number of aliphatic hydroxyl groups excluding tert-OH is 1. The highest BCUT2D eigenvalue weighted by Crippen LogP contribution is 2.42. The molecule has 6 aromatic heterocycles. The van der Waals surface area contributed by atoms with Gasteiger partial charge in [-0.25, -0.2) is 24.5 Å². The number of carbonyl (C=O) groups excluding carboxylic acids is 4. The highest BCUT2D eigenvalue weighted by molar-refractivity contribution is 6.20. The van der Waals surface area contributed by atoms with Crippen LogP contribution < -0.4 is 26.2 Å². The van der Waals surface area contributed by atoms with Crippen LogP contribution in [0.15, 0.2) is 221 Å². The Labute approximate surface area is 622 Å². The zero-order chi connectivity index (χ0) is 75.5. The number of hydrogen-bond donors (Lipinski definition) is 2. The van der Waals surface area contributed by atoms with Gasteiger partial charge in [-0.15, -0.1) is 0 Å². The molecule has 0 fully saturated rings. The van der Waals surface area contributed by atoms with E-state index in [1.165, 1.54) is 38.7 Å². The molecule has 16 aromatic rings. The van der Waals surface area contributed by atoms with E-state index in [0.29, 0.717) is 60.8 Å². The molecule has 0 aliphatic rings. The first-order chi connectivity index (χ1) is 52.4. The molecule has 10 aromatic carbocycles. The lowest BCUT2D eigenvalue weighted by Crippen LogP contribution is -2.35. The maximum absolute atomic E-state index is 13.7. The first-order valence-corrected chi connectivity index (χ1v) is 36.9. The van der Waals surface area contributed by atoms with E-state index in [1.54, 1.807) is 8.80 Å². The summed E-state index contributed by atoms with van der Waals surface area (Å²) in [5.41, 5.74) is 9.61. The van der Waals surface area contributed by atoms with E-state index in [-0.39, 0.29) is 74.7 Å². The molecule has 1 amide bonds. The van der Waals surface area contributed by atoms with Crippen LogP contribution in [0.1, 0.15) is 79.3 Å². The van der Waals surface area contributed by atoms with Gasteiger partial charge in [0.25, 0.3) is 11.1 Å². The third-order valence-electron chi connectivity index (χ3n) is 21.7. The van der Waals surface area contributed by atoms with Crippen molar-refractivity contribution in [3.8, 4) is 0 Å². The minimum Gasteiger partial charge on any atom is -0.463 e. The van der Waals surface area contributed by atoms with Crippen LogP contribution in [-0.4, -0.2) is 124 Å². The molecule has 0 bridgehead atoms. The average Bonchev–Trinajstić information content (AvgIpc) is 1.36. The van der Waals surface area contributed by atoms with Crippen molar-refractivity contribution >= 4 is 156 Å². The first-order valence-electron chi connectivity index (χ1n) is 36.9. The van der Waals surface area contributed by atoms with Crippen molar-refractivity contribution in [1.29, 1.82) is 0 Å². The summed E-state index contributed by atoms with van der Waals surface area (Å²) < 4.78 is 24.6. The number of hydrogen-bond acceptors (Lipinski definition) is 15. The Balaban J connectivity index is 0.000000151. The fourth-order valence-electron chi connectivity index (χ4n) is 15.9. The van der Waals surface area contributed by atoms with Gasteiger partial charge >= 0.3 is 18.0 Å². The Bertz CT molecular complexity index is 6150. The number of aliphatic hydroxyl groups is 1. The fourth-order valence-corrected chi connectivity index (χ4v) is 15.9. The highest BCUT2D eigenvalue weighted by atomic mass is 16.6. The van der Waals surface area contributed by atoms with Crippen LogP contribution >= 0.6 is 0 Å². The summed E-state index contributed by atoms with van der Waals surface area (Å²) in [4.78, 5) is 92.8. The smallest absolute Gasteiger partial charge is 0.407 e. The van der Waals surface area contributed by atoms with Gasteiger partial charge in [0.05, 0.1) is 59.1 Å². The van der Waals surface area contributed by atoms with E-state index >= 15 is 0 Å². The Morgan fingerprint density at radius 3 is 1.28 bits per heavy atom. The molecule has 548 valence electrons. The van der Waals surface area contributed by atoms with Crippen molar-refractivity contribution < 1.29 is 38.5 Å². The summed E-state index contributed by atoms with van der Waals surface area (Å²) in [6.07, 6.45) is 3.42. The minimum absolute atomic E-state index is 0.0420. The molecule has 0 radical (unpaired) electrons. The second-order valence-electron chi connectivity index (χ2n) is 28.5. The number of alkyl carbamates (subject to hydrolysis) is 1. The van der Waals surface area contributed by atoms with Gasteiger partial charge in [0.1, 0.15) is 31.1 Å². The number of aromatic nitrogens is 6. The van der Waals surface area contributed by atoms with Crippen molar-refractivity contribution in [3.63, 3.8) is 0 Å². The van der Waals surface area contributed by atoms with Crippen LogP contribution in [0.25, 0.3) is 120 Å². The third-order valence-corrected chi connectivity index (χ3v) is 21.7. The number of ether oxygens (including phenoxy) is 3. The number of esters is 2. The van der Waals surface area contributed by atoms with Gasteiger partial charge in [0, 0.05) is 131 Å². The van der Waals surface area contributed by atoms with E-state index in [0.717, 1.165) is 76.8 Å². The number of carbonyl (C=O) groups is 3. The lowest BCUT2D eigenvalue weighted by molar-refractivity contribution is -0.156. The van der Waals surface area contributed by atoms with Crippen molar-refractivity contribution in [2.24, 2.45) is 15.8 Å². The molecule has 0 aliphatic carbocycles. The first kappa shape index (κ1) is 72.7. The Hall–Kier alpha value is -12.3. The predicted octanol–water partition coefficient (Wildman–Crippen LogP) is 16.5. The molecule has 0 saturated heterocycles. The van der Waals surface area contributed by atoms with Crippen molar-refractivity contribution in [3.05, 3.63) is 227 Å². The lowest BCUT2D eigenvalue weighted by Gasteiger charge is -2.30. The molecule has 4 atom stereocenters. The molecular formula is C88H86N10O10. The molecule has 108 heavy (non-hydrogen) atoms. The molecule has 0 saturated carbocycles. The van der Waals surface area contributed by atoms with E-state index in [1.807, 2.05) is 185 Å². The summed E-state index contributed by atoms with van der Waals surface area (Å²) in [5, 5.41) is 23.7. The fraction of sp³-hybridized carbons (Fsp3) is 0.273. The van der Waals surface area contributed by atoms with E-state index in [4.69, 9.17) is 24.2 Å². The van der Waals surface area contributed by atoms with Crippen molar-refractivity contribution in [2.45, 2.75) is 79.3 Å². The summed E-state index contributed by atoms with van der Waals surface area (Å²) in [6.45, 7) is 13.8. The summed E-state index contributed by atoms with van der Waals surface area (Å²) in [5.74, 6) is -0.530. The molecule has 20 heteroatoms. The number of nitrogens with one attached hydrogen (secondary N) is 1. The maximum atomic E-state index is 13.7. The minimum atomic E-state index is -0.707. The predicted molar refractivity (Wildman–Crippen MR) is 433 cm³/mol. The van der Waals surface area contributed by atoms with Gasteiger partial charge in [0.2, 0.25) is 6.08 Å². The molecule has 4 unspecified atom stereocenters. The average molecular weight is 1440 g/mol. The zero-order valence-electron chi connectivity index (χ0n) is 61.9. The van der Waals surface area contributed by atoms with E-state index < -0.39 is 16.9 Å². The molecule has 16 rings (SSSR count). The quantitative estimate of drug-likeness (QED) is 0.0200. The second-order valence-corrected chi connectivity index (χ2v) is 28.5. The lowest BCUT2D eigenvalue weighted by atomic mass is 9.81. The van der Waals surface area contributed by atoms with Gasteiger partial charge < -0.3 is 43.6 Å². The topological polar surface area (TPSA) is 226 Å². The highest BCUT2D eigenvalue weighted by Gasteiger charge is 2.37. The summed E-state index contributed by atoms with van der Waals surface area (Å²) in [6, 6.07) is 68.7. The largest absolute Gasteiger partial charge is 0.463 e. The normalized spacial score (nSPS) is 13.4. The van der Waals surface area contributed by atoms with Crippen LogP contribution in [-0.2, 0) is 28.6 Å². The number of pyridine rings is 2. The number of likely N-dealkylation sites (N-methyl/N-ethyl adjacent to an activating group) is 2. The van der Waals surface area contributed by atoms with Gasteiger partial charge in [-0.3, -0.25) is 28.0 Å². The number of para-hydroxylation sites is 8. The molecule has 6 heterocycles. The standard InChI is InChI=1S/C44H43N5O5.C23H26N2O3.C21H17N3O2/c1-5-44(3,27-28(2)48-36-18-9-6-13-29(36)30-14-7-10-19-37(30)48)42(51)53-25-23-45-43(52)54-26-24-47(4)35-22-21-33-39-31(35)15-12-16-32(39)40-46-34-17-8-11-20-38(34)49(40)41(33)50;1-4-23(3,22(27)28-14-13-24-16-26)15-17(2)25-20-11-7-5-9-18(20)19-10-6-8-12-21(19)25;1-23(11-12-25)17-10-9-15-19-13(17)5-4-6-14(19)20-22-16-7-2-3-8-18(16)24(20)21(15)26/h6-22,28H,5,23-27H2,1-4H3,(H,45,52);5-12,17H,4,13-15H2,1-3H3;2-10,25H,11-12H2,1H3. The molecular weight excluding hydrogens is 1360 g/mol. The maximum Gasteiger partial charge on any atom is 0.407 e. The van der Waals surface area contributed by atoms with Gasteiger partial charge in [-0.2, -0.15) is 0 Å². The third kappa shape index (κ3) is 13.4. The number of anilines is 2. The van der Waals surface area contributed by atoms with E-state index in [9.17, 15) is 33.9 Å². The number of imidazole rings is 2. The Morgan fingerprint density at radius 1 is 0.481 bits per heavy atom. The van der Waals surface area contributed by atoms with Crippen molar-refractivity contribution in [2.75, 3.05) is 76.5 Å². The van der Waals surface area contributed by atoms with Gasteiger partial charge in [-0.1, -0.05) is 147 Å². The SMILES string of the molecule is CCC(C)(CC(C)n1c2ccccc2c2ccccc21)C(=O)OCCN=C=O.CCC(C)(CC(C)n1c2ccccc2c2ccccc21)C(=O)OCCNC(=O)OCCN(C)c1ccc2c(=O)n3c4ccccc4nc3c3cccc1c23.CN(CCO)c1ccc2c(=O)n3c4ccccc4nc3c3cccc1c23. The van der Waals surface area contributed by atoms with E-state index in [2.05, 4.69) is 106 Å². The van der Waals surface area contributed by atoms with Crippen LogP contribution in [0.2, 0.25) is 0 Å². The second kappa shape index (κ2) is 30.7. The van der Waals surface area contributed by atoms with Crippen LogP contribution in [0.3, 0.4) is 0 Å². The monoisotopic (exact) mass is 1440 g/mol. The zero-order valence-corrected chi connectivity index (χ0v) is 61.9. The van der Waals surface area contributed by atoms with Gasteiger partial charge in [-0.05, 0) is 126 Å². The number of nitrogens with zero attached hydrogens (tertiary/aromatic N) is 9.